The Hall–Kier alpha value is -1.31. The lowest BCUT2D eigenvalue weighted by Crippen LogP contribution is -1.98. The molecule has 1 aromatic rings. The van der Waals surface area contributed by atoms with Gasteiger partial charge < -0.3 is 5.21 Å². The summed E-state index contributed by atoms with van der Waals surface area (Å²) in [7, 11) is 0. The molecule has 1 rings (SSSR count). The highest BCUT2D eigenvalue weighted by atomic mass is 16.4. The molecular weight excluding hydrogens is 174 g/mol. The molecule has 0 aliphatic rings. The summed E-state index contributed by atoms with van der Waals surface area (Å²) >= 11 is 0. The third-order valence-corrected chi connectivity index (χ3v) is 2.54. The lowest BCUT2D eigenvalue weighted by atomic mass is 9.98. The Labute approximate surface area is 85.3 Å². The number of oxime groups is 1. The molecule has 0 aliphatic carbocycles. The zero-order valence-corrected chi connectivity index (χ0v) is 9.04. The summed E-state index contributed by atoms with van der Waals surface area (Å²) in [5.74, 6) is 0. The molecule has 0 atom stereocenters. The number of aryl methyl sites for hydroxylation is 2. The molecule has 1 N–H and O–H groups in total. The van der Waals surface area contributed by atoms with E-state index in [0.29, 0.717) is 5.71 Å². The van der Waals surface area contributed by atoms with E-state index in [1.165, 1.54) is 11.1 Å². The molecule has 0 heterocycles. The van der Waals surface area contributed by atoms with Gasteiger partial charge in [-0.15, -0.1) is 0 Å². The largest absolute Gasteiger partial charge is 0.411 e. The van der Waals surface area contributed by atoms with Crippen molar-refractivity contribution >= 4 is 5.71 Å². The lowest BCUT2D eigenvalue weighted by molar-refractivity contribution is 0.319. The van der Waals surface area contributed by atoms with Crippen LogP contribution in [0.1, 0.15) is 37.5 Å². The van der Waals surface area contributed by atoms with Gasteiger partial charge in [0.1, 0.15) is 0 Å². The van der Waals surface area contributed by atoms with Crippen molar-refractivity contribution in [3.63, 3.8) is 0 Å². The van der Waals surface area contributed by atoms with E-state index in [-0.39, 0.29) is 0 Å². The molecule has 0 aromatic heterocycles. The third-order valence-electron chi connectivity index (χ3n) is 2.54. The maximum atomic E-state index is 8.67. The molecule has 0 saturated carbocycles. The van der Waals surface area contributed by atoms with E-state index in [4.69, 9.17) is 5.21 Å². The van der Waals surface area contributed by atoms with Crippen LogP contribution in [-0.4, -0.2) is 10.9 Å². The Morgan fingerprint density at radius 1 is 1.21 bits per heavy atom. The highest BCUT2D eigenvalue weighted by Gasteiger charge is 2.03. The summed E-state index contributed by atoms with van der Waals surface area (Å²) in [4.78, 5) is 0. The van der Waals surface area contributed by atoms with Crippen LogP contribution in [0, 0.1) is 0 Å². The standard InChI is InChI=1S/C12H17NO/c1-4-10-6-7-12(9(3)13-14)8-11(10)5-2/h6-8,14H,4-5H2,1-3H3. The Bertz CT molecular complexity index is 342. The summed E-state index contributed by atoms with van der Waals surface area (Å²) in [5, 5.41) is 11.9. The minimum absolute atomic E-state index is 0.669. The molecule has 0 spiro atoms. The minimum atomic E-state index is 0.669. The van der Waals surface area contributed by atoms with Crippen molar-refractivity contribution in [1.29, 1.82) is 0 Å². The number of nitrogens with zero attached hydrogens (tertiary/aromatic N) is 1. The zero-order valence-electron chi connectivity index (χ0n) is 9.04. The van der Waals surface area contributed by atoms with Gasteiger partial charge in [0.05, 0.1) is 5.71 Å². The molecule has 2 nitrogen and oxygen atoms in total. The van der Waals surface area contributed by atoms with Crippen LogP contribution in [0.2, 0.25) is 0 Å². The molecule has 14 heavy (non-hydrogen) atoms. The van der Waals surface area contributed by atoms with E-state index in [1.807, 2.05) is 6.07 Å². The van der Waals surface area contributed by atoms with E-state index in [2.05, 4.69) is 31.1 Å². The van der Waals surface area contributed by atoms with E-state index in [1.54, 1.807) is 6.92 Å². The number of benzene rings is 1. The van der Waals surface area contributed by atoms with Crippen LogP contribution in [0.25, 0.3) is 0 Å². The fraction of sp³-hybridized carbons (Fsp3) is 0.417. The second kappa shape index (κ2) is 4.80. The van der Waals surface area contributed by atoms with Gasteiger partial charge in [-0.05, 0) is 42.5 Å². The predicted octanol–water partition coefficient (Wildman–Crippen LogP) is 3.01. The first-order chi connectivity index (χ1) is 6.72. The molecule has 0 amide bonds. The van der Waals surface area contributed by atoms with Crippen LogP contribution in [0.4, 0.5) is 0 Å². The Morgan fingerprint density at radius 2 is 1.86 bits per heavy atom. The molecule has 1 aromatic carbocycles. The molecule has 0 fully saturated rings. The van der Waals surface area contributed by atoms with Gasteiger partial charge in [-0.25, -0.2) is 0 Å². The van der Waals surface area contributed by atoms with Crippen LogP contribution in [0.15, 0.2) is 23.4 Å². The van der Waals surface area contributed by atoms with E-state index < -0.39 is 0 Å². The fourth-order valence-corrected chi connectivity index (χ4v) is 1.58. The smallest absolute Gasteiger partial charge is 0.0837 e. The first-order valence-corrected chi connectivity index (χ1v) is 5.03. The maximum Gasteiger partial charge on any atom is 0.0837 e. The molecule has 0 unspecified atom stereocenters. The Balaban J connectivity index is 3.14. The lowest BCUT2D eigenvalue weighted by Gasteiger charge is -2.07. The highest BCUT2D eigenvalue weighted by molar-refractivity contribution is 5.98. The van der Waals surface area contributed by atoms with Gasteiger partial charge in [0.2, 0.25) is 0 Å². The predicted molar refractivity (Wildman–Crippen MR) is 59.2 cm³/mol. The second-order valence-electron chi connectivity index (χ2n) is 3.38. The van der Waals surface area contributed by atoms with Crippen molar-refractivity contribution < 1.29 is 5.21 Å². The first kappa shape index (κ1) is 10.8. The van der Waals surface area contributed by atoms with Crippen molar-refractivity contribution in [2.45, 2.75) is 33.6 Å². The summed E-state index contributed by atoms with van der Waals surface area (Å²) in [6.07, 6.45) is 2.08. The van der Waals surface area contributed by atoms with Gasteiger partial charge in [-0.3, -0.25) is 0 Å². The molecule has 0 aliphatic heterocycles. The molecule has 2 heteroatoms. The summed E-state index contributed by atoms with van der Waals surface area (Å²) in [6, 6.07) is 6.23. The van der Waals surface area contributed by atoms with E-state index in [9.17, 15) is 0 Å². The van der Waals surface area contributed by atoms with Gasteiger partial charge in [-0.2, -0.15) is 0 Å². The number of rotatable bonds is 3. The molecule has 0 bridgehead atoms. The van der Waals surface area contributed by atoms with Crippen molar-refractivity contribution in [1.82, 2.24) is 0 Å². The third kappa shape index (κ3) is 2.13. The quantitative estimate of drug-likeness (QED) is 0.444. The molecule has 76 valence electrons. The summed E-state index contributed by atoms with van der Waals surface area (Å²) in [6.45, 7) is 6.10. The summed E-state index contributed by atoms with van der Waals surface area (Å²) in [5.41, 5.74) is 4.39. The van der Waals surface area contributed by atoms with Crippen molar-refractivity contribution in [3.8, 4) is 0 Å². The van der Waals surface area contributed by atoms with E-state index in [0.717, 1.165) is 18.4 Å². The average molecular weight is 191 g/mol. The minimum Gasteiger partial charge on any atom is -0.411 e. The van der Waals surface area contributed by atoms with Crippen molar-refractivity contribution in [2.24, 2.45) is 5.16 Å². The van der Waals surface area contributed by atoms with Gasteiger partial charge in [0, 0.05) is 0 Å². The Morgan fingerprint density at radius 3 is 2.36 bits per heavy atom. The van der Waals surface area contributed by atoms with Gasteiger partial charge in [-0.1, -0.05) is 31.1 Å². The van der Waals surface area contributed by atoms with Gasteiger partial charge in [0.25, 0.3) is 0 Å². The normalized spacial score (nSPS) is 11.8. The van der Waals surface area contributed by atoms with E-state index >= 15 is 0 Å². The van der Waals surface area contributed by atoms with Gasteiger partial charge in [0.15, 0.2) is 0 Å². The van der Waals surface area contributed by atoms with Crippen LogP contribution in [0.3, 0.4) is 0 Å². The number of hydrogen-bond acceptors (Lipinski definition) is 2. The monoisotopic (exact) mass is 191 g/mol. The number of hydrogen-bond donors (Lipinski definition) is 1. The van der Waals surface area contributed by atoms with Crippen LogP contribution in [0.5, 0.6) is 0 Å². The highest BCUT2D eigenvalue weighted by Crippen LogP contribution is 2.14. The zero-order chi connectivity index (χ0) is 10.6. The molecule has 0 radical (unpaired) electrons. The van der Waals surface area contributed by atoms with Gasteiger partial charge >= 0.3 is 0 Å². The van der Waals surface area contributed by atoms with Crippen molar-refractivity contribution in [2.75, 3.05) is 0 Å². The average Bonchev–Trinajstić information content (AvgIpc) is 2.26. The molecular formula is C12H17NO. The van der Waals surface area contributed by atoms with Crippen LogP contribution in [-0.2, 0) is 12.8 Å². The molecule has 0 saturated heterocycles. The summed E-state index contributed by atoms with van der Waals surface area (Å²) < 4.78 is 0. The van der Waals surface area contributed by atoms with Crippen LogP contribution >= 0.6 is 0 Å². The SMILES string of the molecule is CCc1ccc(C(C)=NO)cc1CC. The van der Waals surface area contributed by atoms with Crippen molar-refractivity contribution in [3.05, 3.63) is 34.9 Å². The first-order valence-electron chi connectivity index (χ1n) is 5.03. The van der Waals surface area contributed by atoms with Crippen LogP contribution < -0.4 is 0 Å². The Kier molecular flexibility index (Phi) is 3.69. The topological polar surface area (TPSA) is 32.6 Å². The fourth-order valence-electron chi connectivity index (χ4n) is 1.58. The maximum absolute atomic E-state index is 8.67. The second-order valence-corrected chi connectivity index (χ2v) is 3.38.